The molecule has 152 valence electrons. The molecule has 2 aromatic carbocycles. The fourth-order valence-electron chi connectivity index (χ4n) is 4.09. The van der Waals surface area contributed by atoms with Gasteiger partial charge in [-0.05, 0) is 56.5 Å². The number of carbonyl (C=O) groups is 2. The first-order valence-corrected chi connectivity index (χ1v) is 10.4. The molecule has 2 aliphatic rings. The first-order valence-electron chi connectivity index (χ1n) is 10.4. The van der Waals surface area contributed by atoms with Crippen LogP contribution in [0.1, 0.15) is 46.4 Å². The van der Waals surface area contributed by atoms with E-state index in [0.717, 1.165) is 56.6 Å². The van der Waals surface area contributed by atoms with Crippen molar-refractivity contribution in [2.75, 3.05) is 25.0 Å². The highest BCUT2D eigenvalue weighted by Gasteiger charge is 2.24. The van der Waals surface area contributed by atoms with Gasteiger partial charge in [-0.15, -0.1) is 0 Å². The van der Waals surface area contributed by atoms with Gasteiger partial charge in [0.25, 0.3) is 11.8 Å². The zero-order chi connectivity index (χ0) is 20.1. The van der Waals surface area contributed by atoms with Gasteiger partial charge in [-0.25, -0.2) is 0 Å². The molecule has 1 atom stereocenters. The molecule has 2 heterocycles. The molecule has 3 N–H and O–H groups in total. The largest absolute Gasteiger partial charge is 0.365 e. The molecule has 0 radical (unpaired) electrons. The minimum atomic E-state index is -0.0138. The lowest BCUT2D eigenvalue weighted by Crippen LogP contribution is -2.46. The normalized spacial score (nSPS) is 19.7. The Morgan fingerprint density at radius 3 is 2.52 bits per heavy atom. The molecule has 0 aliphatic carbocycles. The van der Waals surface area contributed by atoms with Crippen molar-refractivity contribution in [3.05, 3.63) is 65.7 Å². The van der Waals surface area contributed by atoms with E-state index in [1.807, 2.05) is 54.6 Å². The highest BCUT2D eigenvalue weighted by molar-refractivity contribution is 6.01. The highest BCUT2D eigenvalue weighted by atomic mass is 16.2. The number of nitrogens with one attached hydrogen (secondary N) is 3. The Balaban J connectivity index is 1.16. The Labute approximate surface area is 171 Å². The van der Waals surface area contributed by atoms with E-state index in [-0.39, 0.29) is 24.0 Å². The van der Waals surface area contributed by atoms with E-state index in [0.29, 0.717) is 5.56 Å². The third-order valence-corrected chi connectivity index (χ3v) is 5.73. The number of piperidine rings is 1. The van der Waals surface area contributed by atoms with Crippen molar-refractivity contribution in [1.82, 2.24) is 15.5 Å². The van der Waals surface area contributed by atoms with Gasteiger partial charge in [0.2, 0.25) is 0 Å². The van der Waals surface area contributed by atoms with Crippen LogP contribution in [-0.4, -0.2) is 48.6 Å². The van der Waals surface area contributed by atoms with Gasteiger partial charge in [0, 0.05) is 30.4 Å². The predicted molar refractivity (Wildman–Crippen MR) is 114 cm³/mol. The van der Waals surface area contributed by atoms with Crippen LogP contribution in [-0.2, 0) is 0 Å². The lowest BCUT2D eigenvalue weighted by atomic mass is 10.0. The number of amides is 2. The van der Waals surface area contributed by atoms with Crippen molar-refractivity contribution in [3.8, 4) is 0 Å². The Morgan fingerprint density at radius 2 is 1.72 bits per heavy atom. The van der Waals surface area contributed by atoms with E-state index in [4.69, 9.17) is 0 Å². The summed E-state index contributed by atoms with van der Waals surface area (Å²) in [6.07, 6.45) is 3.85. The van der Waals surface area contributed by atoms with Crippen LogP contribution in [0.4, 0.5) is 5.69 Å². The average molecular weight is 393 g/mol. The zero-order valence-corrected chi connectivity index (χ0v) is 16.6. The third-order valence-electron chi connectivity index (χ3n) is 5.73. The van der Waals surface area contributed by atoms with E-state index in [2.05, 4.69) is 20.9 Å². The van der Waals surface area contributed by atoms with Crippen LogP contribution >= 0.6 is 0 Å². The second-order valence-corrected chi connectivity index (χ2v) is 7.81. The van der Waals surface area contributed by atoms with Crippen LogP contribution in [0.3, 0.4) is 0 Å². The molecule has 6 heteroatoms. The Kier molecular flexibility index (Phi) is 6.10. The number of anilines is 1. The minimum Gasteiger partial charge on any atom is -0.365 e. The standard InChI is InChI=1S/C23H28N4O2/c28-22(17-7-2-1-3-8-17)24-18-12-15-27(16-13-18)14-6-11-21-25-20-10-5-4-9-19(20)23(29)26-21/h1-5,7-10,18,21,25H,6,11-16H2,(H,24,28)(H,26,29). The number of carbonyl (C=O) groups excluding carboxylic acids is 2. The van der Waals surface area contributed by atoms with Gasteiger partial charge in [-0.3, -0.25) is 9.59 Å². The van der Waals surface area contributed by atoms with Gasteiger partial charge < -0.3 is 20.9 Å². The summed E-state index contributed by atoms with van der Waals surface area (Å²) < 4.78 is 0. The van der Waals surface area contributed by atoms with Gasteiger partial charge in [0.15, 0.2) is 0 Å². The Morgan fingerprint density at radius 1 is 1.00 bits per heavy atom. The molecule has 6 nitrogen and oxygen atoms in total. The van der Waals surface area contributed by atoms with Crippen LogP contribution in [0, 0.1) is 0 Å². The van der Waals surface area contributed by atoms with Gasteiger partial charge >= 0.3 is 0 Å². The van der Waals surface area contributed by atoms with E-state index in [1.54, 1.807) is 0 Å². The van der Waals surface area contributed by atoms with Crippen LogP contribution in [0.25, 0.3) is 0 Å². The molecule has 0 bridgehead atoms. The van der Waals surface area contributed by atoms with Crippen LogP contribution in [0.5, 0.6) is 0 Å². The van der Waals surface area contributed by atoms with Crippen molar-refractivity contribution in [1.29, 1.82) is 0 Å². The first-order chi connectivity index (χ1) is 14.2. The molecule has 29 heavy (non-hydrogen) atoms. The van der Waals surface area contributed by atoms with E-state index in [1.165, 1.54) is 0 Å². The van der Waals surface area contributed by atoms with Crippen molar-refractivity contribution < 1.29 is 9.59 Å². The summed E-state index contributed by atoms with van der Waals surface area (Å²) in [4.78, 5) is 26.9. The SMILES string of the molecule is O=C(NC1CCN(CCCC2NC(=O)c3ccccc3N2)CC1)c1ccccc1. The minimum absolute atomic E-state index is 0.000628. The molecule has 1 fully saturated rings. The average Bonchev–Trinajstić information content (AvgIpc) is 2.76. The van der Waals surface area contributed by atoms with E-state index < -0.39 is 0 Å². The molecule has 1 saturated heterocycles. The zero-order valence-electron chi connectivity index (χ0n) is 16.6. The molecule has 2 aromatic rings. The Hall–Kier alpha value is -2.86. The molecule has 4 rings (SSSR count). The van der Waals surface area contributed by atoms with Gasteiger partial charge in [0.05, 0.1) is 11.7 Å². The number of hydrogen-bond donors (Lipinski definition) is 3. The summed E-state index contributed by atoms with van der Waals surface area (Å²) in [6, 6.07) is 17.3. The number of para-hydroxylation sites is 1. The second-order valence-electron chi connectivity index (χ2n) is 7.81. The van der Waals surface area contributed by atoms with Crippen molar-refractivity contribution >= 4 is 17.5 Å². The Bertz CT molecular complexity index is 847. The highest BCUT2D eigenvalue weighted by Crippen LogP contribution is 2.21. The summed E-state index contributed by atoms with van der Waals surface area (Å²) in [5.74, 6) is 0.0165. The van der Waals surface area contributed by atoms with Gasteiger partial charge in [0.1, 0.15) is 0 Å². The molecule has 0 aromatic heterocycles. The molecular weight excluding hydrogens is 364 g/mol. The lowest BCUT2D eigenvalue weighted by Gasteiger charge is -2.33. The van der Waals surface area contributed by atoms with Crippen LogP contribution in [0.15, 0.2) is 54.6 Å². The van der Waals surface area contributed by atoms with E-state index in [9.17, 15) is 9.59 Å². The molecule has 0 spiro atoms. The maximum absolute atomic E-state index is 12.3. The maximum Gasteiger partial charge on any atom is 0.254 e. The van der Waals surface area contributed by atoms with Crippen molar-refractivity contribution in [2.45, 2.75) is 37.9 Å². The molecule has 2 aliphatic heterocycles. The summed E-state index contributed by atoms with van der Waals surface area (Å²) in [5, 5.41) is 9.60. The fraction of sp³-hybridized carbons (Fsp3) is 0.391. The van der Waals surface area contributed by atoms with Crippen LogP contribution in [0.2, 0.25) is 0 Å². The van der Waals surface area contributed by atoms with Crippen LogP contribution < -0.4 is 16.0 Å². The molecule has 0 saturated carbocycles. The monoisotopic (exact) mass is 392 g/mol. The predicted octanol–water partition coefficient (Wildman–Crippen LogP) is 2.84. The van der Waals surface area contributed by atoms with Gasteiger partial charge in [-0.1, -0.05) is 30.3 Å². The van der Waals surface area contributed by atoms with Gasteiger partial charge in [-0.2, -0.15) is 0 Å². The van der Waals surface area contributed by atoms with Crippen molar-refractivity contribution in [3.63, 3.8) is 0 Å². The molecule has 1 unspecified atom stereocenters. The van der Waals surface area contributed by atoms with E-state index >= 15 is 0 Å². The summed E-state index contributed by atoms with van der Waals surface area (Å²) >= 11 is 0. The number of fused-ring (bicyclic) bond motifs is 1. The number of likely N-dealkylation sites (tertiary alicyclic amines) is 1. The summed E-state index contributed by atoms with van der Waals surface area (Å²) in [7, 11) is 0. The molecular formula is C23H28N4O2. The maximum atomic E-state index is 12.3. The first kappa shape index (κ1) is 19.5. The number of benzene rings is 2. The second kappa shape index (κ2) is 9.09. The van der Waals surface area contributed by atoms with Crippen molar-refractivity contribution in [2.24, 2.45) is 0 Å². The number of hydrogen-bond acceptors (Lipinski definition) is 4. The number of nitrogens with zero attached hydrogens (tertiary/aromatic N) is 1. The smallest absolute Gasteiger partial charge is 0.254 e. The lowest BCUT2D eigenvalue weighted by molar-refractivity contribution is 0.0903. The number of rotatable bonds is 6. The fourth-order valence-corrected chi connectivity index (χ4v) is 4.09. The topological polar surface area (TPSA) is 73.5 Å². The summed E-state index contributed by atoms with van der Waals surface area (Å²) in [5.41, 5.74) is 2.35. The summed E-state index contributed by atoms with van der Waals surface area (Å²) in [6.45, 7) is 3.00. The third kappa shape index (κ3) is 4.95. The quantitative estimate of drug-likeness (QED) is 0.707. The molecule has 2 amide bonds.